The third-order valence-corrected chi connectivity index (χ3v) is 13.8. The van der Waals surface area contributed by atoms with Crippen molar-refractivity contribution in [3.05, 3.63) is 58.8 Å². The third kappa shape index (κ3) is 9.71. The van der Waals surface area contributed by atoms with E-state index in [0.29, 0.717) is 83.0 Å². The van der Waals surface area contributed by atoms with Gasteiger partial charge in [0.1, 0.15) is 11.1 Å². The Hall–Kier alpha value is -4.41. The number of aliphatic imine (C=N–C) groups is 2. The molecular formula is C35H42Cl3N11O7S2. The van der Waals surface area contributed by atoms with Gasteiger partial charge in [-0.1, -0.05) is 61.0 Å². The van der Waals surface area contributed by atoms with Crippen LogP contribution in [0, 0.1) is 0 Å². The van der Waals surface area contributed by atoms with E-state index in [1.807, 2.05) is 0 Å². The molecule has 4 aromatic rings. The number of benzene rings is 2. The molecule has 11 N–H and O–H groups in total. The Morgan fingerprint density at radius 2 is 1.14 bits per heavy atom. The SMILES string of the molecule is CN(CCO)C(=O)C1(NS(=O)(=O)c2ccc3c(Cl)cnc(N=C(N)N)c3c2)CCCC1.NC(N)=Nc1ncc(Cl)c2ccc(S(=O)(=O)NC3(C(=O)Cl)CCCC3)cc12. The van der Waals surface area contributed by atoms with E-state index in [1.54, 1.807) is 6.07 Å². The first kappa shape index (κ1) is 44.7. The van der Waals surface area contributed by atoms with Gasteiger partial charge in [0.25, 0.3) is 0 Å². The number of hydrogen-bond acceptors (Lipinski definition) is 11. The summed E-state index contributed by atoms with van der Waals surface area (Å²) in [5, 5.41) is 10.9. The van der Waals surface area contributed by atoms with E-state index >= 15 is 0 Å². The van der Waals surface area contributed by atoms with Gasteiger partial charge < -0.3 is 32.9 Å². The Bertz CT molecular complexity index is 2520. The maximum Gasteiger partial charge on any atom is 0.243 e. The maximum atomic E-state index is 13.3. The van der Waals surface area contributed by atoms with Crippen molar-refractivity contribution in [2.24, 2.45) is 32.9 Å². The number of aromatic nitrogens is 2. The average Bonchev–Trinajstić information content (AvgIpc) is 3.84. The Balaban J connectivity index is 0.000000223. The molecule has 18 nitrogen and oxygen atoms in total. The number of amides is 1. The quantitative estimate of drug-likeness (QED) is 0.0612. The lowest BCUT2D eigenvalue weighted by molar-refractivity contribution is -0.136. The summed E-state index contributed by atoms with van der Waals surface area (Å²) >= 11 is 18.0. The van der Waals surface area contributed by atoms with Crippen molar-refractivity contribution >= 4 is 111 Å². The monoisotopic (exact) mass is 897 g/mol. The molecule has 2 heterocycles. The Kier molecular flexibility index (Phi) is 13.7. The van der Waals surface area contributed by atoms with Crippen LogP contribution in [0.15, 0.2) is 68.6 Å². The molecule has 0 radical (unpaired) electrons. The number of halogens is 3. The number of likely N-dealkylation sites (N-methyl/N-ethyl adjacent to an activating group) is 1. The number of guanidine groups is 2. The standard InChI is InChI=1S/C19H25ClN6O4S.C16H17Cl2N5O3S/c1-26(8-9-27)17(28)19(6-2-3-7-19)25-31(29,30)12-4-5-13-14(10-12)16(24-18(21)22)23-11-15(13)20;17-12-8-21-13(22-15(19)20)11-7-9(3-4-10(11)12)27(25,26)23-16(14(18)24)5-1-2-6-16/h4-5,10-11,25,27H,2-3,6-9H2,1H3,(H4,21,22,23,24);3-4,7-8,23H,1-2,5-6H2,(H4,19,20,21,22). The van der Waals surface area contributed by atoms with Crippen LogP contribution in [-0.4, -0.2) is 91.2 Å². The minimum atomic E-state index is -4.09. The minimum Gasteiger partial charge on any atom is -0.395 e. The van der Waals surface area contributed by atoms with Gasteiger partial charge in [-0.2, -0.15) is 19.4 Å². The Morgan fingerprint density at radius 1 is 0.741 bits per heavy atom. The smallest absolute Gasteiger partial charge is 0.243 e. The number of nitrogens with zero attached hydrogens (tertiary/aromatic N) is 5. The summed E-state index contributed by atoms with van der Waals surface area (Å²) in [6, 6.07) is 8.60. The molecular weight excluding hydrogens is 857 g/mol. The lowest BCUT2D eigenvalue weighted by atomic mass is 9.97. The van der Waals surface area contributed by atoms with E-state index < -0.39 is 36.4 Å². The zero-order valence-corrected chi connectivity index (χ0v) is 35.0. The predicted octanol–water partition coefficient (Wildman–Crippen LogP) is 2.98. The average molecular weight is 899 g/mol. The van der Waals surface area contributed by atoms with Crippen LogP contribution in [0.3, 0.4) is 0 Å². The van der Waals surface area contributed by atoms with Crippen LogP contribution in [-0.2, 0) is 29.6 Å². The lowest BCUT2D eigenvalue weighted by Gasteiger charge is -2.32. The molecule has 0 atom stereocenters. The molecule has 2 saturated carbocycles. The first-order chi connectivity index (χ1) is 27.2. The van der Waals surface area contributed by atoms with Gasteiger partial charge in [-0.25, -0.2) is 26.8 Å². The van der Waals surface area contributed by atoms with Crippen molar-refractivity contribution in [2.45, 2.75) is 72.2 Å². The zero-order valence-electron chi connectivity index (χ0n) is 31.1. The van der Waals surface area contributed by atoms with Crippen molar-refractivity contribution in [1.29, 1.82) is 0 Å². The third-order valence-electron chi connectivity index (χ3n) is 9.81. The topological polar surface area (TPSA) is 305 Å². The number of nitrogens with one attached hydrogen (secondary N) is 2. The number of pyridine rings is 2. The van der Waals surface area contributed by atoms with Gasteiger partial charge in [0.2, 0.25) is 31.2 Å². The van der Waals surface area contributed by atoms with Crippen molar-refractivity contribution < 1.29 is 31.5 Å². The van der Waals surface area contributed by atoms with E-state index in [1.165, 1.54) is 54.7 Å². The molecule has 2 aromatic carbocycles. The van der Waals surface area contributed by atoms with Crippen LogP contribution in [0.5, 0.6) is 0 Å². The number of aliphatic hydroxyl groups is 1. The van der Waals surface area contributed by atoms with Gasteiger partial charge in [-0.05, 0) is 61.5 Å². The fourth-order valence-electron chi connectivity index (χ4n) is 7.01. The van der Waals surface area contributed by atoms with E-state index in [-0.39, 0.29) is 52.4 Å². The number of hydrogen-bond donors (Lipinski definition) is 7. The lowest BCUT2D eigenvalue weighted by Crippen LogP contribution is -2.57. The molecule has 2 fully saturated rings. The highest BCUT2D eigenvalue weighted by atomic mass is 35.5. The van der Waals surface area contributed by atoms with Crippen LogP contribution < -0.4 is 32.4 Å². The van der Waals surface area contributed by atoms with Crippen molar-refractivity contribution in [1.82, 2.24) is 24.3 Å². The maximum absolute atomic E-state index is 13.3. The molecule has 6 rings (SSSR count). The van der Waals surface area contributed by atoms with Crippen LogP contribution in [0.25, 0.3) is 21.5 Å². The van der Waals surface area contributed by atoms with Crippen molar-refractivity contribution in [3.8, 4) is 0 Å². The molecule has 0 unspecified atom stereocenters. The number of fused-ring (bicyclic) bond motifs is 2. The van der Waals surface area contributed by atoms with Crippen molar-refractivity contribution in [3.63, 3.8) is 0 Å². The summed E-state index contributed by atoms with van der Waals surface area (Å²) in [4.78, 5) is 42.1. The van der Waals surface area contributed by atoms with E-state index in [9.17, 15) is 26.4 Å². The van der Waals surface area contributed by atoms with Gasteiger partial charge >= 0.3 is 0 Å². The second-order valence-corrected chi connectivity index (χ2v) is 18.4. The number of nitrogens with two attached hydrogens (primary N) is 4. The van der Waals surface area contributed by atoms with E-state index in [2.05, 4.69) is 29.4 Å². The van der Waals surface area contributed by atoms with Crippen LogP contribution in [0.4, 0.5) is 11.6 Å². The van der Waals surface area contributed by atoms with E-state index in [4.69, 9.17) is 62.8 Å². The van der Waals surface area contributed by atoms with E-state index in [0.717, 1.165) is 0 Å². The molecule has 0 spiro atoms. The molecule has 0 saturated heterocycles. The van der Waals surface area contributed by atoms with Gasteiger partial charge in [-0.3, -0.25) is 9.59 Å². The number of carbonyl (C=O) groups is 2. The number of carbonyl (C=O) groups excluding carboxylic acids is 2. The molecule has 2 aliphatic carbocycles. The largest absolute Gasteiger partial charge is 0.395 e. The van der Waals surface area contributed by atoms with Crippen LogP contribution in [0.1, 0.15) is 51.4 Å². The molecule has 2 aliphatic rings. The second-order valence-electron chi connectivity index (χ2n) is 13.9. The van der Waals surface area contributed by atoms with Crippen molar-refractivity contribution in [2.75, 3.05) is 20.2 Å². The summed E-state index contributed by atoms with van der Waals surface area (Å²) in [5.41, 5.74) is 19.2. The molecule has 1 amide bonds. The number of aliphatic hydroxyl groups excluding tert-OH is 1. The van der Waals surface area contributed by atoms with Gasteiger partial charge in [0.05, 0.1) is 26.4 Å². The van der Waals surface area contributed by atoms with Gasteiger partial charge in [0.15, 0.2) is 23.6 Å². The highest BCUT2D eigenvalue weighted by Crippen LogP contribution is 2.37. The Morgan fingerprint density at radius 3 is 1.52 bits per heavy atom. The first-order valence-electron chi connectivity index (χ1n) is 17.7. The molecule has 2 aromatic heterocycles. The Labute approximate surface area is 349 Å². The summed E-state index contributed by atoms with van der Waals surface area (Å²) in [6.45, 7) is -0.0958. The molecule has 0 aliphatic heterocycles. The highest BCUT2D eigenvalue weighted by molar-refractivity contribution is 7.90. The predicted molar refractivity (Wildman–Crippen MR) is 223 cm³/mol. The summed E-state index contributed by atoms with van der Waals surface area (Å²) in [5.74, 6) is -0.560. The normalized spacial score (nSPS) is 16.0. The fourth-order valence-corrected chi connectivity index (χ4v) is 10.6. The number of sulfonamides is 2. The minimum absolute atomic E-state index is 0.0694. The van der Waals surface area contributed by atoms with Crippen LogP contribution >= 0.6 is 34.8 Å². The van der Waals surface area contributed by atoms with Gasteiger partial charge in [0, 0.05) is 47.5 Å². The first-order valence-corrected chi connectivity index (χ1v) is 21.8. The summed E-state index contributed by atoms with van der Waals surface area (Å²) in [6.07, 6.45) is 7.07. The fraction of sp³-hybridized carbons (Fsp3) is 0.371. The van der Waals surface area contributed by atoms with Crippen LogP contribution in [0.2, 0.25) is 10.0 Å². The molecule has 58 heavy (non-hydrogen) atoms. The summed E-state index contributed by atoms with van der Waals surface area (Å²) < 4.78 is 57.4. The second kappa shape index (κ2) is 17.8. The zero-order chi connectivity index (χ0) is 42.6. The number of rotatable bonds is 12. The van der Waals surface area contributed by atoms with Gasteiger partial charge in [-0.15, -0.1) is 0 Å². The molecule has 312 valence electrons. The highest BCUT2D eigenvalue weighted by Gasteiger charge is 2.46. The summed E-state index contributed by atoms with van der Waals surface area (Å²) in [7, 11) is -6.58. The molecule has 0 bridgehead atoms. The molecule has 23 heteroatoms.